The zero-order chi connectivity index (χ0) is 15.7. The molecule has 0 N–H and O–H groups in total. The molecule has 0 saturated heterocycles. The lowest BCUT2D eigenvalue weighted by Gasteiger charge is -2.02. The molecule has 3 aromatic rings. The Kier molecular flexibility index (Phi) is 3.46. The largest absolute Gasteiger partial charge is 0.463 e. The second-order valence-corrected chi connectivity index (χ2v) is 4.79. The molecule has 3 rings (SSSR count). The van der Waals surface area contributed by atoms with E-state index in [1.165, 1.54) is 11.8 Å². The van der Waals surface area contributed by atoms with Gasteiger partial charge in [0.15, 0.2) is 0 Å². The maximum atomic E-state index is 12.3. The molecule has 1 aromatic carbocycles. The second-order valence-electron chi connectivity index (χ2n) is 4.79. The number of hydrogen-bond donors (Lipinski definition) is 0. The van der Waals surface area contributed by atoms with E-state index in [2.05, 4.69) is 15.0 Å². The van der Waals surface area contributed by atoms with E-state index in [1.807, 2.05) is 0 Å². The third-order valence-corrected chi connectivity index (χ3v) is 3.27. The SMILES string of the molecule is COC(=O)c1oc(Cn2nnc3ccccc3c2=O)cc1C. The summed E-state index contributed by atoms with van der Waals surface area (Å²) in [5, 5.41) is 8.36. The average molecular weight is 299 g/mol. The summed E-state index contributed by atoms with van der Waals surface area (Å²) >= 11 is 0. The number of fused-ring (bicyclic) bond motifs is 1. The number of benzene rings is 1. The maximum absolute atomic E-state index is 12.3. The predicted molar refractivity (Wildman–Crippen MR) is 77.7 cm³/mol. The number of rotatable bonds is 3. The third-order valence-electron chi connectivity index (χ3n) is 3.27. The summed E-state index contributed by atoms with van der Waals surface area (Å²) in [5.41, 5.74) is 0.914. The Morgan fingerprint density at radius 3 is 2.91 bits per heavy atom. The van der Waals surface area contributed by atoms with Gasteiger partial charge in [0.2, 0.25) is 5.76 Å². The Morgan fingerprint density at radius 1 is 1.36 bits per heavy atom. The number of carbonyl (C=O) groups excluding carboxylic acids is 1. The van der Waals surface area contributed by atoms with Gasteiger partial charge in [0.1, 0.15) is 17.8 Å². The van der Waals surface area contributed by atoms with Crippen molar-refractivity contribution in [3.63, 3.8) is 0 Å². The van der Waals surface area contributed by atoms with Crippen LogP contribution in [0.25, 0.3) is 10.9 Å². The first-order valence-corrected chi connectivity index (χ1v) is 6.60. The van der Waals surface area contributed by atoms with Crippen molar-refractivity contribution >= 4 is 16.9 Å². The van der Waals surface area contributed by atoms with E-state index in [0.29, 0.717) is 22.2 Å². The zero-order valence-electron chi connectivity index (χ0n) is 12.1. The highest BCUT2D eigenvalue weighted by Crippen LogP contribution is 2.16. The smallest absolute Gasteiger partial charge is 0.374 e. The summed E-state index contributed by atoms with van der Waals surface area (Å²) in [6.45, 7) is 1.82. The predicted octanol–water partition coefficient (Wildman–Crippen LogP) is 1.53. The van der Waals surface area contributed by atoms with Gasteiger partial charge in [-0.05, 0) is 25.1 Å². The quantitative estimate of drug-likeness (QED) is 0.682. The highest BCUT2D eigenvalue weighted by molar-refractivity contribution is 5.87. The molecule has 0 aliphatic carbocycles. The minimum Gasteiger partial charge on any atom is -0.463 e. The molecule has 0 atom stereocenters. The molecule has 22 heavy (non-hydrogen) atoms. The van der Waals surface area contributed by atoms with E-state index < -0.39 is 5.97 Å². The Labute approximate surface area is 125 Å². The summed E-state index contributed by atoms with van der Waals surface area (Å²) in [6, 6.07) is 8.65. The van der Waals surface area contributed by atoms with Crippen LogP contribution in [0.2, 0.25) is 0 Å². The molecule has 2 heterocycles. The van der Waals surface area contributed by atoms with Crippen molar-refractivity contribution in [2.45, 2.75) is 13.5 Å². The lowest BCUT2D eigenvalue weighted by Crippen LogP contribution is -2.24. The number of aryl methyl sites for hydroxylation is 1. The topological polar surface area (TPSA) is 87.2 Å². The lowest BCUT2D eigenvalue weighted by atomic mass is 10.2. The molecular weight excluding hydrogens is 286 g/mol. The van der Waals surface area contributed by atoms with E-state index >= 15 is 0 Å². The average Bonchev–Trinajstić information content (AvgIpc) is 2.90. The van der Waals surface area contributed by atoms with Crippen LogP contribution in [0.4, 0.5) is 0 Å². The fraction of sp³-hybridized carbons (Fsp3) is 0.200. The van der Waals surface area contributed by atoms with Gasteiger partial charge < -0.3 is 9.15 Å². The molecule has 0 unspecified atom stereocenters. The number of esters is 1. The standard InChI is InChI=1S/C15H13N3O4/c1-9-7-10(22-13(9)15(20)21-2)8-18-14(19)11-5-3-4-6-12(11)16-17-18/h3-7H,8H2,1-2H3. The summed E-state index contributed by atoms with van der Waals surface area (Å²) in [5.74, 6) is 0.00423. The number of hydrogen-bond acceptors (Lipinski definition) is 6. The highest BCUT2D eigenvalue weighted by atomic mass is 16.5. The van der Waals surface area contributed by atoms with Crippen molar-refractivity contribution < 1.29 is 13.9 Å². The first-order chi connectivity index (χ1) is 10.6. The highest BCUT2D eigenvalue weighted by Gasteiger charge is 2.17. The van der Waals surface area contributed by atoms with Gasteiger partial charge in [-0.1, -0.05) is 17.3 Å². The molecule has 0 aliphatic heterocycles. The maximum Gasteiger partial charge on any atom is 0.374 e. The van der Waals surface area contributed by atoms with E-state index in [-0.39, 0.29) is 17.9 Å². The molecule has 0 amide bonds. The van der Waals surface area contributed by atoms with Crippen molar-refractivity contribution in [2.24, 2.45) is 0 Å². The van der Waals surface area contributed by atoms with Crippen molar-refractivity contribution in [2.75, 3.05) is 7.11 Å². The van der Waals surface area contributed by atoms with Crippen molar-refractivity contribution in [1.29, 1.82) is 0 Å². The first-order valence-electron chi connectivity index (χ1n) is 6.60. The van der Waals surface area contributed by atoms with Gasteiger partial charge in [0, 0.05) is 5.56 Å². The van der Waals surface area contributed by atoms with Crippen LogP contribution in [-0.4, -0.2) is 28.1 Å². The van der Waals surface area contributed by atoms with Crippen LogP contribution in [0.5, 0.6) is 0 Å². The summed E-state index contributed by atoms with van der Waals surface area (Å²) in [6.07, 6.45) is 0. The molecule has 112 valence electrons. The van der Waals surface area contributed by atoms with Crippen LogP contribution in [0.3, 0.4) is 0 Å². The normalized spacial score (nSPS) is 10.8. The Morgan fingerprint density at radius 2 is 2.14 bits per heavy atom. The van der Waals surface area contributed by atoms with Gasteiger partial charge in [0.05, 0.1) is 12.5 Å². The summed E-state index contributed by atoms with van der Waals surface area (Å²) < 4.78 is 11.3. The van der Waals surface area contributed by atoms with Gasteiger partial charge in [-0.2, -0.15) is 0 Å². The van der Waals surface area contributed by atoms with Crippen LogP contribution >= 0.6 is 0 Å². The Hall–Kier alpha value is -2.96. The minimum atomic E-state index is -0.555. The Balaban J connectivity index is 1.99. The lowest BCUT2D eigenvalue weighted by molar-refractivity contribution is 0.0561. The molecule has 0 fully saturated rings. The zero-order valence-corrected chi connectivity index (χ0v) is 12.1. The number of carbonyl (C=O) groups is 1. The molecule has 2 aromatic heterocycles. The molecule has 7 heteroatoms. The molecule has 0 aliphatic rings. The van der Waals surface area contributed by atoms with Gasteiger partial charge in [-0.15, -0.1) is 5.10 Å². The summed E-state index contributed by atoms with van der Waals surface area (Å²) in [4.78, 5) is 23.9. The molecule has 7 nitrogen and oxygen atoms in total. The van der Waals surface area contributed by atoms with Crippen LogP contribution in [0, 0.1) is 6.92 Å². The molecule has 0 radical (unpaired) electrons. The number of methoxy groups -OCH3 is 1. The van der Waals surface area contributed by atoms with Crippen LogP contribution in [0.15, 0.2) is 39.5 Å². The van der Waals surface area contributed by atoms with Crippen LogP contribution in [-0.2, 0) is 11.3 Å². The van der Waals surface area contributed by atoms with E-state index in [9.17, 15) is 9.59 Å². The molecule has 0 spiro atoms. The van der Waals surface area contributed by atoms with Crippen LogP contribution in [0.1, 0.15) is 21.9 Å². The number of nitrogens with zero attached hydrogens (tertiary/aromatic N) is 3. The van der Waals surface area contributed by atoms with Gasteiger partial charge in [-0.3, -0.25) is 4.79 Å². The van der Waals surface area contributed by atoms with Gasteiger partial charge in [0.25, 0.3) is 5.56 Å². The minimum absolute atomic E-state index is 0.0918. The van der Waals surface area contributed by atoms with Crippen LogP contribution < -0.4 is 5.56 Å². The number of ether oxygens (including phenoxy) is 1. The second kappa shape index (κ2) is 5.44. The van der Waals surface area contributed by atoms with Crippen molar-refractivity contribution in [3.8, 4) is 0 Å². The van der Waals surface area contributed by atoms with E-state index in [4.69, 9.17) is 4.42 Å². The Bertz CT molecular complexity index is 911. The number of aromatic nitrogens is 3. The molecular formula is C15H13N3O4. The van der Waals surface area contributed by atoms with E-state index in [0.717, 1.165) is 0 Å². The molecule has 0 bridgehead atoms. The molecule has 0 saturated carbocycles. The van der Waals surface area contributed by atoms with Gasteiger partial charge >= 0.3 is 5.97 Å². The fourth-order valence-electron chi connectivity index (χ4n) is 2.20. The van der Waals surface area contributed by atoms with Crippen molar-refractivity contribution in [3.05, 3.63) is 57.8 Å². The monoisotopic (exact) mass is 299 g/mol. The van der Waals surface area contributed by atoms with Crippen molar-refractivity contribution in [1.82, 2.24) is 15.0 Å². The third kappa shape index (κ3) is 2.37. The number of furan rings is 1. The van der Waals surface area contributed by atoms with E-state index in [1.54, 1.807) is 37.3 Å². The fourth-order valence-corrected chi connectivity index (χ4v) is 2.20. The van der Waals surface area contributed by atoms with Gasteiger partial charge in [-0.25, -0.2) is 9.48 Å². The summed E-state index contributed by atoms with van der Waals surface area (Å²) in [7, 11) is 1.28. The first kappa shape index (κ1) is 14.0.